The van der Waals surface area contributed by atoms with Gasteiger partial charge >= 0.3 is 11.9 Å². The molecule has 0 aliphatic rings. The second-order valence-corrected chi connectivity index (χ2v) is 4.97. The summed E-state index contributed by atoms with van der Waals surface area (Å²) >= 11 is 0. The van der Waals surface area contributed by atoms with Gasteiger partial charge in [-0.05, 0) is 5.92 Å². The van der Waals surface area contributed by atoms with E-state index >= 15 is 0 Å². The smallest absolute Gasteiger partial charge is 0.313 e. The van der Waals surface area contributed by atoms with Gasteiger partial charge < -0.3 is 14.6 Å². The molecule has 6 heteroatoms. The Kier molecular flexibility index (Phi) is 11.9. The number of aliphatic hydroxyl groups excluding tert-OH is 1. The van der Waals surface area contributed by atoms with Gasteiger partial charge in [0, 0.05) is 5.92 Å². The van der Waals surface area contributed by atoms with E-state index in [4.69, 9.17) is 5.11 Å². The summed E-state index contributed by atoms with van der Waals surface area (Å²) in [6, 6.07) is 0. The number of rotatable bonds is 6. The summed E-state index contributed by atoms with van der Waals surface area (Å²) in [5.74, 6) is -0.870. The quantitative estimate of drug-likeness (QED) is 0.586. The molecule has 1 N–H and O–H groups in total. The maximum atomic E-state index is 10.8. The van der Waals surface area contributed by atoms with Crippen molar-refractivity contribution in [2.75, 3.05) is 14.2 Å². The highest BCUT2D eigenvalue weighted by Gasteiger charge is 2.13. The molecule has 0 radical (unpaired) electrons. The summed E-state index contributed by atoms with van der Waals surface area (Å²) in [5, 5.41) is 9.13. The highest BCUT2D eigenvalue weighted by molar-refractivity contribution is 5.96. The van der Waals surface area contributed by atoms with E-state index in [2.05, 4.69) is 9.47 Å². The van der Waals surface area contributed by atoms with E-state index in [1.54, 1.807) is 13.8 Å². The highest BCUT2D eigenvalue weighted by atomic mass is 16.5. The first-order valence-corrected chi connectivity index (χ1v) is 6.50. The molecule has 0 fully saturated rings. The molecule has 0 aromatic carbocycles. The fraction of sp³-hybridized carbons (Fsp3) is 0.786. The molecule has 0 heterocycles. The van der Waals surface area contributed by atoms with Gasteiger partial charge in [-0.25, -0.2) is 0 Å². The Morgan fingerprint density at radius 2 is 1.40 bits per heavy atom. The molecule has 118 valence electrons. The first kappa shape index (κ1) is 20.9. The Balaban J connectivity index is 0. The minimum atomic E-state index is -0.576. The molecule has 0 unspecified atom stereocenters. The number of Topliss-reactive ketones (excluding diaryl/α,β-unsaturated/α-hetero) is 1. The number of aliphatic hydroxyl groups is 1. The van der Waals surface area contributed by atoms with Crippen LogP contribution in [0.25, 0.3) is 0 Å². The second-order valence-electron chi connectivity index (χ2n) is 4.97. The number of carbonyl (C=O) groups excluding carboxylic acids is 3. The van der Waals surface area contributed by atoms with Gasteiger partial charge in [-0.3, -0.25) is 14.4 Å². The second kappa shape index (κ2) is 11.4. The lowest BCUT2D eigenvalue weighted by atomic mass is 10.1. The van der Waals surface area contributed by atoms with Gasteiger partial charge in [0.25, 0.3) is 0 Å². The zero-order valence-corrected chi connectivity index (χ0v) is 13.1. The lowest BCUT2D eigenvalue weighted by Gasteiger charge is -2.11. The Morgan fingerprint density at radius 3 is 1.70 bits per heavy atom. The fourth-order valence-electron chi connectivity index (χ4n) is 0.908. The van der Waals surface area contributed by atoms with Crippen molar-refractivity contribution >= 4 is 17.7 Å². The van der Waals surface area contributed by atoms with E-state index in [9.17, 15) is 14.4 Å². The van der Waals surface area contributed by atoms with Gasteiger partial charge in [-0.15, -0.1) is 0 Å². The van der Waals surface area contributed by atoms with Crippen molar-refractivity contribution in [3.05, 3.63) is 0 Å². The van der Waals surface area contributed by atoms with Crippen LogP contribution < -0.4 is 0 Å². The van der Waals surface area contributed by atoms with Crippen LogP contribution in [-0.4, -0.2) is 43.2 Å². The molecule has 0 aliphatic heterocycles. The van der Waals surface area contributed by atoms with E-state index < -0.39 is 12.1 Å². The molecule has 0 bridgehead atoms. The Bertz CT molecular complexity index is 309. The zero-order chi connectivity index (χ0) is 16.3. The normalized spacial score (nSPS) is 11.4. The molecule has 20 heavy (non-hydrogen) atoms. The van der Waals surface area contributed by atoms with Crippen molar-refractivity contribution in [2.24, 2.45) is 11.8 Å². The minimum absolute atomic E-state index is 0.0770. The first-order chi connectivity index (χ1) is 9.15. The van der Waals surface area contributed by atoms with E-state index in [0.717, 1.165) is 0 Å². The third-order valence-electron chi connectivity index (χ3n) is 2.56. The van der Waals surface area contributed by atoms with Crippen LogP contribution in [0.2, 0.25) is 0 Å². The van der Waals surface area contributed by atoms with Crippen LogP contribution in [0.3, 0.4) is 0 Å². The Morgan fingerprint density at radius 1 is 0.950 bits per heavy atom. The number of hydrogen-bond donors (Lipinski definition) is 1. The van der Waals surface area contributed by atoms with Crippen LogP contribution in [0.5, 0.6) is 0 Å². The summed E-state index contributed by atoms with van der Waals surface area (Å²) in [7, 11) is 2.59. The minimum Gasteiger partial charge on any atom is -0.469 e. The SMILES string of the molecule is COC(=O)CC(=O)C(C)C.COC(=O)C[C@H](O)C(C)C. The van der Waals surface area contributed by atoms with Crippen molar-refractivity contribution in [2.45, 2.75) is 46.6 Å². The van der Waals surface area contributed by atoms with Crippen molar-refractivity contribution < 1.29 is 29.0 Å². The van der Waals surface area contributed by atoms with Crippen LogP contribution in [0.15, 0.2) is 0 Å². The average molecular weight is 290 g/mol. The van der Waals surface area contributed by atoms with E-state index in [0.29, 0.717) is 0 Å². The summed E-state index contributed by atoms with van der Waals surface area (Å²) in [5.41, 5.74) is 0. The summed E-state index contributed by atoms with van der Waals surface area (Å²) < 4.78 is 8.68. The van der Waals surface area contributed by atoms with Crippen LogP contribution in [0.4, 0.5) is 0 Å². The van der Waals surface area contributed by atoms with E-state index in [1.807, 2.05) is 13.8 Å². The summed E-state index contributed by atoms with van der Waals surface area (Å²) in [6.45, 7) is 7.22. The number of esters is 2. The van der Waals surface area contributed by atoms with Gasteiger partial charge in [0.15, 0.2) is 0 Å². The van der Waals surface area contributed by atoms with Gasteiger partial charge in [0.1, 0.15) is 12.2 Å². The fourth-order valence-corrected chi connectivity index (χ4v) is 0.908. The van der Waals surface area contributed by atoms with Crippen molar-refractivity contribution in [3.8, 4) is 0 Å². The van der Waals surface area contributed by atoms with Gasteiger partial charge in [-0.2, -0.15) is 0 Å². The number of carbonyl (C=O) groups is 3. The monoisotopic (exact) mass is 290 g/mol. The highest BCUT2D eigenvalue weighted by Crippen LogP contribution is 2.05. The third-order valence-corrected chi connectivity index (χ3v) is 2.56. The van der Waals surface area contributed by atoms with Crippen LogP contribution in [-0.2, 0) is 23.9 Å². The van der Waals surface area contributed by atoms with Crippen molar-refractivity contribution in [1.82, 2.24) is 0 Å². The number of methoxy groups -OCH3 is 2. The molecule has 0 aliphatic carbocycles. The Labute approximate surface area is 120 Å². The Hall–Kier alpha value is -1.43. The van der Waals surface area contributed by atoms with Crippen molar-refractivity contribution in [1.29, 1.82) is 0 Å². The molecular formula is C14H26O6. The lowest BCUT2D eigenvalue weighted by molar-refractivity contribution is -0.145. The average Bonchev–Trinajstić information content (AvgIpc) is 2.38. The molecule has 0 aromatic rings. The van der Waals surface area contributed by atoms with E-state index in [1.165, 1.54) is 14.2 Å². The van der Waals surface area contributed by atoms with Crippen molar-refractivity contribution in [3.63, 3.8) is 0 Å². The van der Waals surface area contributed by atoms with E-state index in [-0.39, 0.29) is 36.4 Å². The van der Waals surface area contributed by atoms with Gasteiger partial charge in [-0.1, -0.05) is 27.7 Å². The third kappa shape index (κ3) is 11.6. The van der Waals surface area contributed by atoms with Crippen LogP contribution >= 0.6 is 0 Å². The predicted octanol–water partition coefficient (Wildman–Crippen LogP) is 1.34. The topological polar surface area (TPSA) is 89.9 Å². The molecule has 0 aromatic heterocycles. The summed E-state index contributed by atoms with van der Waals surface area (Å²) in [6.07, 6.45) is -0.588. The number of ketones is 1. The molecule has 0 saturated carbocycles. The maximum Gasteiger partial charge on any atom is 0.313 e. The van der Waals surface area contributed by atoms with Crippen LogP contribution in [0.1, 0.15) is 40.5 Å². The molecule has 0 saturated heterocycles. The summed E-state index contributed by atoms with van der Waals surface area (Å²) in [4.78, 5) is 31.8. The molecule has 0 spiro atoms. The zero-order valence-electron chi connectivity index (χ0n) is 13.1. The molecular weight excluding hydrogens is 264 g/mol. The molecule has 0 amide bonds. The molecule has 1 atom stereocenters. The largest absolute Gasteiger partial charge is 0.469 e. The van der Waals surface area contributed by atoms with Gasteiger partial charge in [0.05, 0.1) is 26.7 Å². The standard InChI is InChI=1S/C7H14O3.C7H12O3/c2*1-5(2)6(8)4-7(9)10-3/h5-6,8H,4H2,1-3H3;5H,4H2,1-3H3/t6-;/m0./s1. The molecule has 6 nitrogen and oxygen atoms in total. The number of ether oxygens (including phenoxy) is 2. The number of hydrogen-bond acceptors (Lipinski definition) is 6. The van der Waals surface area contributed by atoms with Crippen LogP contribution in [0, 0.1) is 11.8 Å². The first-order valence-electron chi connectivity index (χ1n) is 6.50. The van der Waals surface area contributed by atoms with Gasteiger partial charge in [0.2, 0.25) is 0 Å². The lowest BCUT2D eigenvalue weighted by Crippen LogP contribution is -2.19. The predicted molar refractivity (Wildman–Crippen MR) is 74.0 cm³/mol. The maximum absolute atomic E-state index is 10.8. The molecule has 0 rings (SSSR count).